The first-order valence-electron chi connectivity index (χ1n) is 3.22. The summed E-state index contributed by atoms with van der Waals surface area (Å²) in [4.78, 5) is 0. The predicted molar refractivity (Wildman–Crippen MR) is 38.1 cm³/mol. The van der Waals surface area contributed by atoms with Crippen molar-refractivity contribution in [1.29, 1.82) is 0 Å². The van der Waals surface area contributed by atoms with E-state index in [-0.39, 0.29) is 6.10 Å². The largest absolute Gasteiger partial charge is 0.389 e. The van der Waals surface area contributed by atoms with Gasteiger partial charge in [0, 0.05) is 0 Å². The Bertz CT molecular complexity index is 147. The van der Waals surface area contributed by atoms with Crippen molar-refractivity contribution in [3.05, 3.63) is 24.3 Å². The van der Waals surface area contributed by atoms with Gasteiger partial charge in [0.05, 0.1) is 6.10 Å². The molecular weight excluding hydrogens is 112 g/mol. The number of hydrogen-bond donors (Lipinski definition) is 1. The first-order valence-corrected chi connectivity index (χ1v) is 3.22. The zero-order chi connectivity index (χ0) is 6.85. The maximum atomic E-state index is 9.02. The average Bonchev–Trinajstić information content (AvgIpc) is 2.14. The van der Waals surface area contributed by atoms with E-state index >= 15 is 0 Å². The molecule has 0 unspecified atom stereocenters. The van der Waals surface area contributed by atoms with Gasteiger partial charge in [-0.05, 0) is 19.3 Å². The molecule has 0 spiro atoms. The van der Waals surface area contributed by atoms with E-state index < -0.39 is 0 Å². The van der Waals surface area contributed by atoms with Gasteiger partial charge in [-0.2, -0.15) is 0 Å². The van der Waals surface area contributed by atoms with E-state index in [2.05, 4.69) is 6.58 Å². The van der Waals surface area contributed by atoms with E-state index in [4.69, 9.17) is 5.11 Å². The van der Waals surface area contributed by atoms with Crippen LogP contribution >= 0.6 is 0 Å². The van der Waals surface area contributed by atoms with Gasteiger partial charge in [0.15, 0.2) is 0 Å². The van der Waals surface area contributed by atoms with Crippen LogP contribution in [-0.2, 0) is 0 Å². The van der Waals surface area contributed by atoms with Gasteiger partial charge in [-0.25, -0.2) is 0 Å². The Kier molecular flexibility index (Phi) is 1.72. The van der Waals surface area contributed by atoms with Crippen molar-refractivity contribution < 1.29 is 5.11 Å². The fourth-order valence-electron chi connectivity index (χ4n) is 1.05. The molecule has 0 aromatic rings. The van der Waals surface area contributed by atoms with Crippen molar-refractivity contribution in [1.82, 2.24) is 0 Å². The molecule has 0 amide bonds. The zero-order valence-corrected chi connectivity index (χ0v) is 5.67. The standard InChI is InChI=1S/C8H12O/c1-6(2)7-3-4-8(9)5-7/h3-4,7-9H,1,5H2,2H3/t7-,8-/m0/s1. The summed E-state index contributed by atoms with van der Waals surface area (Å²) >= 11 is 0. The van der Waals surface area contributed by atoms with E-state index in [1.54, 1.807) is 0 Å². The summed E-state index contributed by atoms with van der Waals surface area (Å²) in [6.07, 6.45) is 4.45. The Balaban J connectivity index is 2.50. The van der Waals surface area contributed by atoms with Crippen molar-refractivity contribution in [2.45, 2.75) is 19.4 Å². The van der Waals surface area contributed by atoms with Gasteiger partial charge in [0.2, 0.25) is 0 Å². The van der Waals surface area contributed by atoms with E-state index in [1.807, 2.05) is 19.1 Å². The molecule has 0 saturated carbocycles. The highest BCUT2D eigenvalue weighted by Gasteiger charge is 2.15. The quantitative estimate of drug-likeness (QED) is 0.525. The maximum absolute atomic E-state index is 9.02. The van der Waals surface area contributed by atoms with E-state index in [9.17, 15) is 0 Å². The normalized spacial score (nSPS) is 33.1. The average molecular weight is 124 g/mol. The topological polar surface area (TPSA) is 20.2 Å². The number of aliphatic hydroxyl groups excluding tert-OH is 1. The SMILES string of the molecule is C=C(C)[C@H]1C=C[C@H](O)C1. The molecule has 0 heterocycles. The summed E-state index contributed by atoms with van der Waals surface area (Å²) in [6.45, 7) is 5.80. The minimum atomic E-state index is -0.230. The van der Waals surface area contributed by atoms with Gasteiger partial charge in [0.1, 0.15) is 0 Å². The van der Waals surface area contributed by atoms with Crippen LogP contribution in [0.15, 0.2) is 24.3 Å². The molecule has 1 heteroatoms. The van der Waals surface area contributed by atoms with Crippen LogP contribution in [0.5, 0.6) is 0 Å². The van der Waals surface area contributed by atoms with Crippen LogP contribution in [-0.4, -0.2) is 11.2 Å². The molecule has 0 aliphatic heterocycles. The monoisotopic (exact) mass is 124 g/mol. The first kappa shape index (κ1) is 6.56. The predicted octanol–water partition coefficient (Wildman–Crippen LogP) is 1.50. The van der Waals surface area contributed by atoms with Gasteiger partial charge in [-0.1, -0.05) is 24.3 Å². The van der Waals surface area contributed by atoms with E-state index in [0.29, 0.717) is 5.92 Å². The summed E-state index contributed by atoms with van der Waals surface area (Å²) < 4.78 is 0. The number of allylic oxidation sites excluding steroid dienone is 2. The van der Waals surface area contributed by atoms with Crippen LogP contribution in [0.25, 0.3) is 0 Å². The van der Waals surface area contributed by atoms with Crippen LogP contribution in [0.3, 0.4) is 0 Å². The molecular formula is C8H12O. The maximum Gasteiger partial charge on any atom is 0.0729 e. The molecule has 50 valence electrons. The number of aliphatic hydroxyl groups is 1. The second-order valence-corrected chi connectivity index (χ2v) is 2.64. The summed E-state index contributed by atoms with van der Waals surface area (Å²) in [5, 5.41) is 9.02. The van der Waals surface area contributed by atoms with Crippen LogP contribution < -0.4 is 0 Å². The van der Waals surface area contributed by atoms with Gasteiger partial charge >= 0.3 is 0 Å². The third kappa shape index (κ3) is 1.42. The second kappa shape index (κ2) is 2.36. The van der Waals surface area contributed by atoms with Crippen molar-refractivity contribution in [2.75, 3.05) is 0 Å². The van der Waals surface area contributed by atoms with Crippen LogP contribution in [0.2, 0.25) is 0 Å². The molecule has 9 heavy (non-hydrogen) atoms. The Hall–Kier alpha value is -0.560. The second-order valence-electron chi connectivity index (χ2n) is 2.64. The van der Waals surface area contributed by atoms with Crippen molar-refractivity contribution in [3.63, 3.8) is 0 Å². The molecule has 0 radical (unpaired) electrons. The van der Waals surface area contributed by atoms with Crippen molar-refractivity contribution >= 4 is 0 Å². The molecule has 0 bridgehead atoms. The molecule has 0 aromatic carbocycles. The van der Waals surface area contributed by atoms with Gasteiger partial charge in [-0.3, -0.25) is 0 Å². The molecule has 0 saturated heterocycles. The first-order chi connectivity index (χ1) is 4.20. The van der Waals surface area contributed by atoms with E-state index in [0.717, 1.165) is 12.0 Å². The Morgan fingerprint density at radius 1 is 1.67 bits per heavy atom. The van der Waals surface area contributed by atoms with Crippen LogP contribution in [0.4, 0.5) is 0 Å². The fraction of sp³-hybridized carbons (Fsp3) is 0.500. The lowest BCUT2D eigenvalue weighted by molar-refractivity contribution is 0.214. The van der Waals surface area contributed by atoms with Crippen molar-refractivity contribution in [3.8, 4) is 0 Å². The number of rotatable bonds is 1. The molecule has 1 aliphatic rings. The summed E-state index contributed by atoms with van der Waals surface area (Å²) in [7, 11) is 0. The van der Waals surface area contributed by atoms with Crippen LogP contribution in [0.1, 0.15) is 13.3 Å². The molecule has 0 fully saturated rings. The minimum absolute atomic E-state index is 0.230. The lowest BCUT2D eigenvalue weighted by Crippen LogP contribution is -2.01. The van der Waals surface area contributed by atoms with E-state index in [1.165, 1.54) is 0 Å². The Morgan fingerprint density at radius 3 is 2.56 bits per heavy atom. The lowest BCUT2D eigenvalue weighted by atomic mass is 10.0. The molecule has 1 N–H and O–H groups in total. The Labute approximate surface area is 55.7 Å². The lowest BCUT2D eigenvalue weighted by Gasteiger charge is -2.05. The zero-order valence-electron chi connectivity index (χ0n) is 5.67. The molecule has 1 rings (SSSR count). The highest BCUT2D eigenvalue weighted by Crippen LogP contribution is 2.23. The Morgan fingerprint density at radius 2 is 2.33 bits per heavy atom. The van der Waals surface area contributed by atoms with Crippen LogP contribution in [0, 0.1) is 5.92 Å². The van der Waals surface area contributed by atoms with Gasteiger partial charge < -0.3 is 5.11 Å². The number of hydrogen-bond acceptors (Lipinski definition) is 1. The third-order valence-electron chi connectivity index (χ3n) is 1.69. The van der Waals surface area contributed by atoms with Gasteiger partial charge in [0.25, 0.3) is 0 Å². The smallest absolute Gasteiger partial charge is 0.0729 e. The molecule has 1 aliphatic carbocycles. The molecule has 1 nitrogen and oxygen atoms in total. The minimum Gasteiger partial charge on any atom is -0.389 e. The summed E-state index contributed by atoms with van der Waals surface area (Å²) in [6, 6.07) is 0. The molecule has 0 aromatic heterocycles. The van der Waals surface area contributed by atoms with Gasteiger partial charge in [-0.15, -0.1) is 0 Å². The highest BCUT2D eigenvalue weighted by molar-refractivity contribution is 5.14. The van der Waals surface area contributed by atoms with Crippen molar-refractivity contribution in [2.24, 2.45) is 5.92 Å². The fourth-order valence-corrected chi connectivity index (χ4v) is 1.05. The third-order valence-corrected chi connectivity index (χ3v) is 1.69. The summed E-state index contributed by atoms with van der Waals surface area (Å²) in [5.41, 5.74) is 1.14. The summed E-state index contributed by atoms with van der Waals surface area (Å²) in [5.74, 6) is 0.417. The highest BCUT2D eigenvalue weighted by atomic mass is 16.3. The molecule has 2 atom stereocenters.